The minimum atomic E-state index is -1.23. The van der Waals surface area contributed by atoms with Gasteiger partial charge in [0.1, 0.15) is 0 Å². The summed E-state index contributed by atoms with van der Waals surface area (Å²) in [7, 11) is -1.23. The van der Waals surface area contributed by atoms with E-state index >= 15 is 0 Å². The summed E-state index contributed by atoms with van der Waals surface area (Å²) in [5.41, 5.74) is 0. The Morgan fingerprint density at radius 3 is 1.32 bits per heavy atom. The van der Waals surface area contributed by atoms with Crippen LogP contribution in [0, 0.1) is 0 Å². The molecule has 0 saturated heterocycles. The van der Waals surface area contributed by atoms with Crippen LogP contribution in [0.2, 0.25) is 0 Å². The zero-order valence-electron chi connectivity index (χ0n) is 13.8. The molecule has 0 bridgehead atoms. The summed E-state index contributed by atoms with van der Waals surface area (Å²) in [5.74, 6) is 0. The molecule has 0 aliphatic heterocycles. The van der Waals surface area contributed by atoms with Crippen molar-refractivity contribution in [1.29, 1.82) is 0 Å². The number of unbranched alkanes of at least 4 members (excludes halogenated alkanes) is 2. The lowest BCUT2D eigenvalue weighted by atomic mass is 10.4. The van der Waals surface area contributed by atoms with E-state index in [1.54, 1.807) is 10.6 Å². The van der Waals surface area contributed by atoms with Crippen LogP contribution in [0.3, 0.4) is 0 Å². The Hall–Kier alpha value is -0.840. The van der Waals surface area contributed by atoms with E-state index in [2.05, 4.69) is 74.5 Å². The van der Waals surface area contributed by atoms with E-state index in [1.165, 1.54) is 38.0 Å². The Morgan fingerprint density at radius 2 is 1.00 bits per heavy atom. The Morgan fingerprint density at radius 1 is 0.636 bits per heavy atom. The average molecular weight is 335 g/mol. The van der Waals surface area contributed by atoms with Crippen molar-refractivity contribution in [3.05, 3.63) is 60.7 Å². The molecule has 2 heteroatoms. The Balaban J connectivity index is 0.00000242. The Labute approximate surface area is 143 Å². The molecular weight excluding hydrogens is 307 g/mol. The molecule has 0 nitrogen and oxygen atoms in total. The fourth-order valence-corrected chi connectivity index (χ4v) is 7.81. The van der Waals surface area contributed by atoms with E-state index in [4.69, 9.17) is 0 Å². The lowest BCUT2D eigenvalue weighted by molar-refractivity contribution is -0.00000437. The highest BCUT2D eigenvalue weighted by Gasteiger charge is 2.40. The lowest BCUT2D eigenvalue weighted by Crippen LogP contribution is -3.00. The first kappa shape index (κ1) is 19.2. The second-order valence-electron chi connectivity index (χ2n) is 5.79. The predicted octanol–water partition coefficient (Wildman–Crippen LogP) is 2.26. The van der Waals surface area contributed by atoms with Crippen molar-refractivity contribution in [2.24, 2.45) is 0 Å². The third-order valence-electron chi connectivity index (χ3n) is 4.29. The second-order valence-corrected chi connectivity index (χ2v) is 9.66. The van der Waals surface area contributed by atoms with Gasteiger partial charge in [0.15, 0.2) is 0 Å². The maximum atomic E-state index is 2.37. The van der Waals surface area contributed by atoms with Gasteiger partial charge < -0.3 is 12.4 Å². The minimum absolute atomic E-state index is 0. The molecule has 0 aromatic heterocycles. The van der Waals surface area contributed by atoms with Crippen molar-refractivity contribution in [2.75, 3.05) is 12.3 Å². The highest BCUT2D eigenvalue weighted by Crippen LogP contribution is 2.57. The first-order chi connectivity index (χ1) is 10.3. The van der Waals surface area contributed by atoms with Crippen LogP contribution >= 0.6 is 7.26 Å². The molecule has 0 atom stereocenters. The molecule has 0 spiro atoms. The van der Waals surface area contributed by atoms with Crippen LogP contribution in [-0.4, -0.2) is 12.3 Å². The molecule has 0 N–H and O–H groups in total. The summed E-state index contributed by atoms with van der Waals surface area (Å²) in [6, 6.07) is 22.6. The fraction of sp³-hybridized carbons (Fsp3) is 0.400. The standard InChI is InChI=1S/C20H28P.ClH/c1-3-5-17-21(18-6-4-2,19-13-9-7-10-14-19)20-15-11-8-12-16-20;/h7-16H,3-6,17-18H2,1-2H3;1H/q+1;/p-1. The highest BCUT2D eigenvalue weighted by molar-refractivity contribution is 7.89. The van der Waals surface area contributed by atoms with E-state index in [9.17, 15) is 0 Å². The topological polar surface area (TPSA) is 0 Å². The fourth-order valence-electron chi connectivity index (χ4n) is 3.06. The minimum Gasteiger partial charge on any atom is -1.00 e. The molecule has 0 aliphatic carbocycles. The third-order valence-corrected chi connectivity index (χ3v) is 9.02. The van der Waals surface area contributed by atoms with E-state index in [-0.39, 0.29) is 12.4 Å². The summed E-state index contributed by atoms with van der Waals surface area (Å²) >= 11 is 0. The maximum Gasteiger partial charge on any atom is 0.0991 e. The van der Waals surface area contributed by atoms with E-state index < -0.39 is 7.26 Å². The zero-order valence-corrected chi connectivity index (χ0v) is 15.5. The van der Waals surface area contributed by atoms with E-state index in [0.717, 1.165) is 0 Å². The molecule has 0 unspecified atom stereocenters. The van der Waals surface area contributed by atoms with Gasteiger partial charge in [0, 0.05) is 0 Å². The average Bonchev–Trinajstić information content (AvgIpc) is 2.57. The summed E-state index contributed by atoms with van der Waals surface area (Å²) < 4.78 is 0. The molecule has 2 aromatic carbocycles. The quantitative estimate of drug-likeness (QED) is 0.650. The number of benzene rings is 2. The van der Waals surface area contributed by atoms with Crippen molar-refractivity contribution in [3.63, 3.8) is 0 Å². The molecule has 0 aliphatic rings. The molecule has 0 amide bonds. The molecule has 2 rings (SSSR count). The highest BCUT2D eigenvalue weighted by atomic mass is 35.5. The molecule has 120 valence electrons. The van der Waals surface area contributed by atoms with Crippen molar-refractivity contribution >= 4 is 17.9 Å². The van der Waals surface area contributed by atoms with Gasteiger partial charge in [-0.15, -0.1) is 0 Å². The van der Waals surface area contributed by atoms with E-state index in [0.29, 0.717) is 0 Å². The normalized spacial score (nSPS) is 11.0. The van der Waals surface area contributed by atoms with Crippen LogP contribution in [0.25, 0.3) is 0 Å². The van der Waals surface area contributed by atoms with Crippen LogP contribution in [0.15, 0.2) is 60.7 Å². The van der Waals surface area contributed by atoms with Gasteiger partial charge in [0.05, 0.1) is 30.2 Å². The van der Waals surface area contributed by atoms with Crippen LogP contribution < -0.4 is 23.0 Å². The van der Waals surface area contributed by atoms with Gasteiger partial charge in [-0.25, -0.2) is 0 Å². The molecule has 0 heterocycles. The summed E-state index contributed by atoms with van der Waals surface area (Å²) in [6.45, 7) is 4.62. The van der Waals surface area contributed by atoms with Gasteiger partial charge in [0.2, 0.25) is 0 Å². The first-order valence-electron chi connectivity index (χ1n) is 8.32. The largest absolute Gasteiger partial charge is 1.00 e. The second kappa shape index (κ2) is 10.0. The molecule has 0 fully saturated rings. The van der Waals surface area contributed by atoms with Crippen molar-refractivity contribution < 1.29 is 12.4 Å². The number of halogens is 1. The number of rotatable bonds is 8. The van der Waals surface area contributed by atoms with Gasteiger partial charge >= 0.3 is 0 Å². The van der Waals surface area contributed by atoms with Crippen molar-refractivity contribution in [1.82, 2.24) is 0 Å². The molecule has 0 saturated carbocycles. The zero-order chi connectivity index (χ0) is 15.0. The number of hydrogen-bond acceptors (Lipinski definition) is 0. The van der Waals surface area contributed by atoms with Gasteiger partial charge in [-0.1, -0.05) is 63.1 Å². The molecular formula is C20H28ClP. The molecule has 22 heavy (non-hydrogen) atoms. The first-order valence-corrected chi connectivity index (χ1v) is 10.5. The van der Waals surface area contributed by atoms with Gasteiger partial charge in [-0.3, -0.25) is 0 Å². The van der Waals surface area contributed by atoms with Gasteiger partial charge in [-0.05, 0) is 37.1 Å². The van der Waals surface area contributed by atoms with Crippen LogP contribution in [0.4, 0.5) is 0 Å². The third kappa shape index (κ3) is 4.58. The monoisotopic (exact) mass is 334 g/mol. The maximum absolute atomic E-state index is 2.37. The molecule has 0 radical (unpaired) electrons. The summed E-state index contributed by atoms with van der Waals surface area (Å²) in [5, 5.41) is 3.19. The van der Waals surface area contributed by atoms with E-state index in [1.807, 2.05) is 0 Å². The van der Waals surface area contributed by atoms with Crippen LogP contribution in [0.1, 0.15) is 39.5 Å². The molecule has 2 aromatic rings. The lowest BCUT2D eigenvalue weighted by Gasteiger charge is -2.27. The Bertz CT molecular complexity index is 460. The van der Waals surface area contributed by atoms with Crippen LogP contribution in [0.5, 0.6) is 0 Å². The predicted molar refractivity (Wildman–Crippen MR) is 98.6 cm³/mol. The smallest absolute Gasteiger partial charge is 0.0991 e. The van der Waals surface area contributed by atoms with Crippen molar-refractivity contribution in [2.45, 2.75) is 39.5 Å². The summed E-state index contributed by atoms with van der Waals surface area (Å²) in [4.78, 5) is 0. The Kier molecular flexibility index (Phi) is 8.76. The van der Waals surface area contributed by atoms with Crippen molar-refractivity contribution in [3.8, 4) is 0 Å². The van der Waals surface area contributed by atoms with Crippen LogP contribution in [-0.2, 0) is 0 Å². The summed E-state index contributed by atoms with van der Waals surface area (Å²) in [6.07, 6.45) is 7.96. The van der Waals surface area contributed by atoms with Gasteiger partial charge in [-0.2, -0.15) is 0 Å². The SMILES string of the molecule is CCCC[P+](CCCC)(c1ccccc1)c1ccccc1.[Cl-]. The van der Waals surface area contributed by atoms with Gasteiger partial charge in [0.25, 0.3) is 0 Å². The number of hydrogen-bond donors (Lipinski definition) is 0.